The molecule has 0 N–H and O–H groups in total. The van der Waals surface area contributed by atoms with E-state index in [1.54, 1.807) is 24.3 Å². The molecule has 0 radical (unpaired) electrons. The second kappa shape index (κ2) is 5.79. The lowest BCUT2D eigenvalue weighted by atomic mass is 9.71. The number of amides is 2. The van der Waals surface area contributed by atoms with Crippen LogP contribution in [0.15, 0.2) is 54.6 Å². The van der Waals surface area contributed by atoms with E-state index in [0.717, 1.165) is 0 Å². The van der Waals surface area contributed by atoms with Crippen LogP contribution in [-0.2, 0) is 24.7 Å². The van der Waals surface area contributed by atoms with Crippen molar-refractivity contribution in [2.24, 2.45) is 11.8 Å². The SMILES string of the molecule is CC(=O)C[C@]12O[C@H](c3nc4ccccc4nc31)C1C(=O)N(c3ccccc3)C(=O)C12. The fraction of sp³-hybridized carbons (Fsp3) is 0.261. The van der Waals surface area contributed by atoms with Crippen LogP contribution in [0.5, 0.6) is 0 Å². The van der Waals surface area contributed by atoms with E-state index in [2.05, 4.69) is 0 Å². The first kappa shape index (κ1) is 17.4. The number of fused-ring (bicyclic) bond motifs is 9. The van der Waals surface area contributed by atoms with Gasteiger partial charge >= 0.3 is 0 Å². The highest BCUT2D eigenvalue weighted by Gasteiger charge is 2.73. The molecule has 1 aromatic heterocycles. The Morgan fingerprint density at radius 3 is 2.37 bits per heavy atom. The quantitative estimate of drug-likeness (QED) is 0.629. The number of carbonyl (C=O) groups is 3. The fourth-order valence-corrected chi connectivity index (χ4v) is 5.25. The number of ketones is 1. The summed E-state index contributed by atoms with van der Waals surface area (Å²) in [4.78, 5) is 49.9. The number of rotatable bonds is 3. The van der Waals surface area contributed by atoms with Gasteiger partial charge in [0, 0.05) is 6.42 Å². The molecule has 0 saturated carbocycles. The van der Waals surface area contributed by atoms with Gasteiger partial charge in [-0.15, -0.1) is 0 Å². The number of ether oxygens (including phenoxy) is 1. The molecule has 3 aliphatic rings. The number of imide groups is 1. The Morgan fingerprint density at radius 1 is 1.00 bits per heavy atom. The van der Waals surface area contributed by atoms with Crippen molar-refractivity contribution in [2.45, 2.75) is 25.0 Å². The van der Waals surface area contributed by atoms with Crippen LogP contribution >= 0.6 is 0 Å². The minimum atomic E-state index is -1.26. The monoisotopic (exact) mass is 399 g/mol. The minimum absolute atomic E-state index is 0.0215. The van der Waals surface area contributed by atoms with Crippen LogP contribution in [0.25, 0.3) is 11.0 Å². The van der Waals surface area contributed by atoms with Gasteiger partial charge in [-0.05, 0) is 31.2 Å². The molecule has 0 aliphatic carbocycles. The molecule has 2 aromatic carbocycles. The van der Waals surface area contributed by atoms with E-state index in [-0.39, 0.29) is 24.0 Å². The predicted octanol–water partition coefficient (Wildman–Crippen LogP) is 2.69. The Labute approximate surface area is 171 Å². The summed E-state index contributed by atoms with van der Waals surface area (Å²) >= 11 is 0. The number of anilines is 1. The average molecular weight is 399 g/mol. The Balaban J connectivity index is 1.57. The van der Waals surface area contributed by atoms with Gasteiger partial charge in [-0.3, -0.25) is 14.4 Å². The molecule has 0 spiro atoms. The van der Waals surface area contributed by atoms with Crippen molar-refractivity contribution < 1.29 is 19.1 Å². The van der Waals surface area contributed by atoms with Gasteiger partial charge in [-0.25, -0.2) is 14.9 Å². The van der Waals surface area contributed by atoms with Gasteiger partial charge in [0.2, 0.25) is 11.8 Å². The molecule has 2 fully saturated rings. The molecular formula is C23H17N3O4. The van der Waals surface area contributed by atoms with Crippen molar-refractivity contribution in [3.05, 3.63) is 66.0 Å². The summed E-state index contributed by atoms with van der Waals surface area (Å²) in [5.41, 5.74) is 1.70. The number of hydrogen-bond acceptors (Lipinski definition) is 6. The molecule has 2 bridgehead atoms. The topological polar surface area (TPSA) is 89.5 Å². The summed E-state index contributed by atoms with van der Waals surface area (Å²) in [6.45, 7) is 1.46. The second-order valence-electron chi connectivity index (χ2n) is 8.10. The second-order valence-corrected chi connectivity index (χ2v) is 8.10. The van der Waals surface area contributed by atoms with Gasteiger partial charge < -0.3 is 4.74 Å². The molecule has 7 nitrogen and oxygen atoms in total. The third kappa shape index (κ3) is 2.05. The standard InChI is InChI=1S/C23H17N3O4/c1-12(27)11-23-17-16(21(28)26(22(17)29)13-7-3-2-4-8-13)19(30-23)18-20(23)25-15-10-6-5-9-14(15)24-18/h2-10,16-17,19H,11H2,1H3/t16?,17?,19-,23+/m0/s1. The molecule has 3 aliphatic heterocycles. The third-order valence-electron chi connectivity index (χ3n) is 6.31. The van der Waals surface area contributed by atoms with E-state index in [1.807, 2.05) is 30.3 Å². The van der Waals surface area contributed by atoms with E-state index in [1.165, 1.54) is 11.8 Å². The summed E-state index contributed by atoms with van der Waals surface area (Å²) in [6.07, 6.45) is -0.710. The first-order valence-corrected chi connectivity index (χ1v) is 9.88. The van der Waals surface area contributed by atoms with Gasteiger partial charge in [-0.1, -0.05) is 30.3 Å². The van der Waals surface area contributed by atoms with Gasteiger partial charge in [-0.2, -0.15) is 0 Å². The Morgan fingerprint density at radius 2 is 1.67 bits per heavy atom. The summed E-state index contributed by atoms with van der Waals surface area (Å²) in [7, 11) is 0. The van der Waals surface area contributed by atoms with Gasteiger partial charge in [0.1, 0.15) is 17.5 Å². The maximum atomic E-state index is 13.5. The summed E-state index contributed by atoms with van der Waals surface area (Å²) in [5.74, 6) is -2.29. The summed E-state index contributed by atoms with van der Waals surface area (Å²) in [6, 6.07) is 16.3. The first-order chi connectivity index (χ1) is 14.5. The molecule has 148 valence electrons. The zero-order chi connectivity index (χ0) is 20.6. The summed E-state index contributed by atoms with van der Waals surface area (Å²) in [5, 5.41) is 0. The Bertz CT molecular complexity index is 1260. The van der Waals surface area contributed by atoms with Gasteiger partial charge in [0.05, 0.1) is 39.9 Å². The predicted molar refractivity (Wildman–Crippen MR) is 106 cm³/mol. The zero-order valence-electron chi connectivity index (χ0n) is 16.1. The van der Waals surface area contributed by atoms with Crippen LogP contribution in [0.3, 0.4) is 0 Å². The Hall–Kier alpha value is -3.45. The summed E-state index contributed by atoms with van der Waals surface area (Å²) < 4.78 is 6.29. The van der Waals surface area contributed by atoms with E-state index in [0.29, 0.717) is 28.1 Å². The minimum Gasteiger partial charge on any atom is -0.357 e. The smallest absolute Gasteiger partial charge is 0.241 e. The number of aromatic nitrogens is 2. The number of Topliss-reactive ketones (excluding diaryl/α,β-unsaturated/α-hetero) is 1. The number of para-hydroxylation sites is 3. The highest BCUT2D eigenvalue weighted by molar-refractivity contribution is 6.23. The number of nitrogens with zero attached hydrogens (tertiary/aromatic N) is 3. The maximum absolute atomic E-state index is 13.5. The zero-order valence-corrected chi connectivity index (χ0v) is 16.1. The Kier molecular flexibility index (Phi) is 3.36. The van der Waals surface area contributed by atoms with E-state index in [4.69, 9.17) is 14.7 Å². The van der Waals surface area contributed by atoms with Crippen LogP contribution in [-0.4, -0.2) is 27.6 Å². The highest BCUT2D eigenvalue weighted by atomic mass is 16.5. The third-order valence-corrected chi connectivity index (χ3v) is 6.31. The first-order valence-electron chi connectivity index (χ1n) is 9.88. The lowest BCUT2D eigenvalue weighted by Crippen LogP contribution is -2.42. The molecule has 7 heteroatoms. The van der Waals surface area contributed by atoms with Crippen LogP contribution in [0, 0.1) is 11.8 Å². The molecule has 2 saturated heterocycles. The lowest BCUT2D eigenvalue weighted by Gasteiger charge is -2.30. The van der Waals surface area contributed by atoms with Crippen LogP contribution in [0.4, 0.5) is 5.69 Å². The lowest BCUT2D eigenvalue weighted by molar-refractivity contribution is -0.134. The normalized spacial score (nSPS) is 28.8. The van der Waals surface area contributed by atoms with Crippen molar-refractivity contribution in [1.82, 2.24) is 9.97 Å². The van der Waals surface area contributed by atoms with E-state index in [9.17, 15) is 14.4 Å². The van der Waals surface area contributed by atoms with E-state index >= 15 is 0 Å². The molecule has 4 heterocycles. The van der Waals surface area contributed by atoms with Crippen LogP contribution in [0.2, 0.25) is 0 Å². The maximum Gasteiger partial charge on any atom is 0.241 e. The molecule has 2 amide bonds. The molecule has 6 rings (SSSR count). The molecule has 2 unspecified atom stereocenters. The molecule has 30 heavy (non-hydrogen) atoms. The number of benzene rings is 2. The fourth-order valence-electron chi connectivity index (χ4n) is 5.25. The highest BCUT2D eigenvalue weighted by Crippen LogP contribution is 2.64. The van der Waals surface area contributed by atoms with Crippen molar-refractivity contribution in [3.8, 4) is 0 Å². The molecular weight excluding hydrogens is 382 g/mol. The van der Waals surface area contributed by atoms with Crippen molar-refractivity contribution >= 4 is 34.3 Å². The van der Waals surface area contributed by atoms with Crippen LogP contribution in [0.1, 0.15) is 30.8 Å². The van der Waals surface area contributed by atoms with Crippen molar-refractivity contribution in [1.29, 1.82) is 0 Å². The number of hydrogen-bond donors (Lipinski definition) is 0. The average Bonchev–Trinajstić information content (AvgIpc) is 3.32. The van der Waals surface area contributed by atoms with Crippen LogP contribution < -0.4 is 4.90 Å². The van der Waals surface area contributed by atoms with E-state index < -0.39 is 23.5 Å². The number of carbonyl (C=O) groups excluding carboxylic acids is 3. The van der Waals surface area contributed by atoms with Crippen molar-refractivity contribution in [2.75, 3.05) is 4.90 Å². The largest absolute Gasteiger partial charge is 0.357 e. The van der Waals surface area contributed by atoms with Crippen molar-refractivity contribution in [3.63, 3.8) is 0 Å². The molecule has 4 atom stereocenters. The van der Waals surface area contributed by atoms with Gasteiger partial charge in [0.15, 0.2) is 0 Å². The van der Waals surface area contributed by atoms with Gasteiger partial charge in [0.25, 0.3) is 0 Å². The molecule has 3 aromatic rings.